The van der Waals surface area contributed by atoms with Crippen LogP contribution in [0.3, 0.4) is 0 Å². The summed E-state index contributed by atoms with van der Waals surface area (Å²) < 4.78 is 7.04. The van der Waals surface area contributed by atoms with E-state index in [4.69, 9.17) is 4.74 Å². The van der Waals surface area contributed by atoms with Gasteiger partial charge in [0.1, 0.15) is 0 Å². The highest BCUT2D eigenvalue weighted by Crippen LogP contribution is 2.43. The Hall–Kier alpha value is -3.75. The first-order chi connectivity index (χ1) is 15.5. The lowest BCUT2D eigenvalue weighted by Crippen LogP contribution is -2.50. The van der Waals surface area contributed by atoms with Gasteiger partial charge < -0.3 is 9.30 Å². The second-order valence-corrected chi connectivity index (χ2v) is 7.60. The van der Waals surface area contributed by atoms with E-state index >= 15 is 0 Å². The quantitative estimate of drug-likeness (QED) is 0.241. The van der Waals surface area contributed by atoms with Crippen molar-refractivity contribution >= 4 is 34.5 Å². The van der Waals surface area contributed by atoms with E-state index in [1.165, 1.54) is 11.0 Å². The van der Waals surface area contributed by atoms with Crippen LogP contribution in [-0.2, 0) is 14.3 Å². The van der Waals surface area contributed by atoms with E-state index in [0.29, 0.717) is 23.5 Å². The normalized spacial score (nSPS) is 17.9. The maximum absolute atomic E-state index is 13.7. The van der Waals surface area contributed by atoms with Crippen LogP contribution in [-0.4, -0.2) is 39.5 Å². The number of fused-ring (bicyclic) bond motifs is 3. The van der Waals surface area contributed by atoms with Gasteiger partial charge in [0.2, 0.25) is 11.9 Å². The number of amides is 1. The van der Waals surface area contributed by atoms with Crippen molar-refractivity contribution in [3.05, 3.63) is 64.2 Å². The maximum Gasteiger partial charge on any atom is 0.321 e. The fraction of sp³-hybridized carbons (Fsp3) is 0.348. The molecule has 9 nitrogen and oxygen atoms in total. The summed E-state index contributed by atoms with van der Waals surface area (Å²) in [5.41, 5.74) is 1.44. The van der Waals surface area contributed by atoms with Crippen LogP contribution in [0.2, 0.25) is 0 Å². The number of nitrogens with zero attached hydrogens (tertiary/aromatic N) is 4. The minimum Gasteiger partial charge on any atom is -0.465 e. The number of hydrogen-bond donors (Lipinski definition) is 0. The lowest BCUT2D eigenvalue weighted by molar-refractivity contribution is -0.385. The monoisotopic (exact) mass is 436 g/mol. The van der Waals surface area contributed by atoms with Gasteiger partial charge in [-0.05, 0) is 25.5 Å². The van der Waals surface area contributed by atoms with Gasteiger partial charge in [0, 0.05) is 12.6 Å². The summed E-state index contributed by atoms with van der Waals surface area (Å²) in [4.78, 5) is 44.3. The third-order valence-corrected chi connectivity index (χ3v) is 5.67. The molecule has 0 radical (unpaired) electrons. The van der Waals surface area contributed by atoms with Crippen LogP contribution >= 0.6 is 0 Å². The van der Waals surface area contributed by atoms with E-state index in [9.17, 15) is 19.7 Å². The second-order valence-electron chi connectivity index (χ2n) is 7.60. The van der Waals surface area contributed by atoms with Crippen LogP contribution in [0.25, 0.3) is 11.0 Å². The van der Waals surface area contributed by atoms with Crippen molar-refractivity contribution in [1.82, 2.24) is 9.55 Å². The van der Waals surface area contributed by atoms with E-state index in [2.05, 4.69) is 4.98 Å². The van der Waals surface area contributed by atoms with Gasteiger partial charge in [0.05, 0.1) is 34.2 Å². The summed E-state index contributed by atoms with van der Waals surface area (Å²) in [7, 11) is 0. The molecule has 1 aliphatic heterocycles. The number of anilines is 1. The molecule has 0 fully saturated rings. The van der Waals surface area contributed by atoms with Crippen molar-refractivity contribution in [2.45, 2.75) is 32.7 Å². The average molecular weight is 436 g/mol. The van der Waals surface area contributed by atoms with E-state index < -0.39 is 28.8 Å². The second kappa shape index (κ2) is 8.78. The number of nitro groups is 1. The molecule has 3 aromatic rings. The molecular formula is C23H24N4O5. The number of benzene rings is 2. The van der Waals surface area contributed by atoms with Crippen LogP contribution in [0.5, 0.6) is 0 Å². The van der Waals surface area contributed by atoms with Crippen LogP contribution in [0.15, 0.2) is 48.5 Å². The Morgan fingerprint density at radius 1 is 1.16 bits per heavy atom. The summed E-state index contributed by atoms with van der Waals surface area (Å²) in [5, 5.41) is 11.8. The Kier molecular flexibility index (Phi) is 5.89. The molecule has 0 bridgehead atoms. The standard InChI is InChI=1S/C23H24N4O5/c1-3-5-14-25-21(28)19(22(29)32-4-2)20(15-10-6-8-12-17(15)27(30)31)26-18-13-9-7-11-16(18)24-23(25)26/h6-13,19-20H,3-5,14H2,1-2H3/t19-,20-/m0/s1. The largest absolute Gasteiger partial charge is 0.465 e. The van der Waals surface area contributed by atoms with Crippen molar-refractivity contribution < 1.29 is 19.2 Å². The van der Waals surface area contributed by atoms with Crippen LogP contribution in [0.1, 0.15) is 38.3 Å². The molecule has 2 aromatic carbocycles. The molecule has 1 aromatic heterocycles. The summed E-state index contributed by atoms with van der Waals surface area (Å²) in [6.07, 6.45) is 1.57. The first-order valence-electron chi connectivity index (χ1n) is 10.7. The number of carbonyl (C=O) groups is 2. The van der Waals surface area contributed by atoms with Crippen molar-refractivity contribution in [2.75, 3.05) is 18.1 Å². The molecule has 2 atom stereocenters. The number of rotatable bonds is 7. The predicted molar refractivity (Wildman–Crippen MR) is 118 cm³/mol. The highest BCUT2D eigenvalue weighted by atomic mass is 16.6. The minimum atomic E-state index is -1.27. The zero-order valence-corrected chi connectivity index (χ0v) is 17.9. The number of para-hydroxylation sites is 3. The lowest BCUT2D eigenvalue weighted by atomic mass is 9.88. The fourth-order valence-corrected chi connectivity index (χ4v) is 4.26. The summed E-state index contributed by atoms with van der Waals surface area (Å²) in [6.45, 7) is 4.16. The molecule has 32 heavy (non-hydrogen) atoms. The van der Waals surface area contributed by atoms with E-state index in [-0.39, 0.29) is 17.9 Å². The predicted octanol–water partition coefficient (Wildman–Crippen LogP) is 3.86. The first-order valence-corrected chi connectivity index (χ1v) is 10.7. The number of hydrogen-bond acceptors (Lipinski definition) is 6. The molecule has 0 saturated heterocycles. The van der Waals surface area contributed by atoms with Gasteiger partial charge in [0.25, 0.3) is 5.69 Å². The highest BCUT2D eigenvalue weighted by Gasteiger charge is 2.49. The first kappa shape index (κ1) is 21.5. The van der Waals surface area contributed by atoms with Gasteiger partial charge in [-0.15, -0.1) is 0 Å². The third-order valence-electron chi connectivity index (χ3n) is 5.67. The fourth-order valence-electron chi connectivity index (χ4n) is 4.26. The number of imidazole rings is 1. The molecule has 2 heterocycles. The molecule has 1 amide bonds. The molecule has 0 N–H and O–H groups in total. The number of carbonyl (C=O) groups excluding carboxylic acids is 2. The number of nitro benzene ring substituents is 1. The smallest absolute Gasteiger partial charge is 0.321 e. The Morgan fingerprint density at radius 2 is 1.88 bits per heavy atom. The van der Waals surface area contributed by atoms with Crippen LogP contribution in [0, 0.1) is 16.0 Å². The SMILES string of the molecule is CCCCN1C(=O)[C@@H](C(=O)OCC)[C@H](c2ccccc2[N+](=O)[O-])n2c1nc1ccccc12. The van der Waals surface area contributed by atoms with Gasteiger partial charge >= 0.3 is 5.97 Å². The Balaban J connectivity index is 2.03. The Bertz CT molecular complexity index is 1190. The number of ether oxygens (including phenoxy) is 1. The molecule has 1 aliphatic rings. The van der Waals surface area contributed by atoms with Gasteiger partial charge in [0.15, 0.2) is 5.92 Å². The van der Waals surface area contributed by atoms with E-state index in [0.717, 1.165) is 12.8 Å². The molecule has 0 unspecified atom stereocenters. The van der Waals surface area contributed by atoms with Gasteiger partial charge in [-0.1, -0.05) is 43.7 Å². The van der Waals surface area contributed by atoms with Crippen LogP contribution < -0.4 is 4.90 Å². The molecular weight excluding hydrogens is 412 g/mol. The molecule has 0 saturated carbocycles. The van der Waals surface area contributed by atoms with Crippen molar-refractivity contribution in [2.24, 2.45) is 5.92 Å². The van der Waals surface area contributed by atoms with Crippen LogP contribution in [0.4, 0.5) is 11.6 Å². The highest BCUT2D eigenvalue weighted by molar-refractivity contribution is 6.08. The lowest BCUT2D eigenvalue weighted by Gasteiger charge is -2.37. The zero-order valence-electron chi connectivity index (χ0n) is 17.9. The van der Waals surface area contributed by atoms with E-state index in [1.807, 2.05) is 31.2 Å². The number of unbranched alkanes of at least 4 members (excludes halogenated alkanes) is 1. The molecule has 9 heteroatoms. The molecule has 0 spiro atoms. The number of aromatic nitrogens is 2. The van der Waals surface area contributed by atoms with Crippen molar-refractivity contribution in [1.29, 1.82) is 0 Å². The van der Waals surface area contributed by atoms with Crippen molar-refractivity contribution in [3.8, 4) is 0 Å². The van der Waals surface area contributed by atoms with Gasteiger partial charge in [-0.2, -0.15) is 0 Å². The van der Waals surface area contributed by atoms with Gasteiger partial charge in [-0.3, -0.25) is 24.6 Å². The van der Waals surface area contributed by atoms with Crippen molar-refractivity contribution in [3.63, 3.8) is 0 Å². The average Bonchev–Trinajstić information content (AvgIpc) is 3.17. The topological polar surface area (TPSA) is 108 Å². The van der Waals surface area contributed by atoms with E-state index in [1.54, 1.807) is 29.7 Å². The van der Waals surface area contributed by atoms with Gasteiger partial charge in [-0.25, -0.2) is 4.98 Å². The summed E-state index contributed by atoms with van der Waals surface area (Å²) in [6, 6.07) is 12.6. The minimum absolute atomic E-state index is 0.0959. The number of esters is 1. The molecule has 0 aliphatic carbocycles. The molecule has 166 valence electrons. The third kappa shape index (κ3) is 3.49. The maximum atomic E-state index is 13.7. The Labute approximate surface area is 184 Å². The Morgan fingerprint density at radius 3 is 2.59 bits per heavy atom. The zero-order chi connectivity index (χ0) is 22.8. The summed E-state index contributed by atoms with van der Waals surface area (Å²) >= 11 is 0. The molecule has 4 rings (SSSR count). The summed E-state index contributed by atoms with van der Waals surface area (Å²) in [5.74, 6) is -2.04.